The molecule has 1 aliphatic carbocycles. The molecular weight excluding hydrogens is 152 g/mol. The average Bonchev–Trinajstić information content (AvgIpc) is 2.28. The van der Waals surface area contributed by atoms with Crippen LogP contribution in [0.15, 0.2) is 11.3 Å². The maximum atomic E-state index is 11.2. The number of rotatable bonds is 0. The molecule has 2 heteroatoms. The van der Waals surface area contributed by atoms with E-state index >= 15 is 0 Å². The van der Waals surface area contributed by atoms with Crippen molar-refractivity contribution in [3.8, 4) is 0 Å². The Balaban J connectivity index is 2.23. The highest BCUT2D eigenvalue weighted by molar-refractivity contribution is 5.79. The van der Waals surface area contributed by atoms with Crippen molar-refractivity contribution in [2.24, 2.45) is 11.8 Å². The Kier molecular flexibility index (Phi) is 1.71. The molecule has 0 saturated carbocycles. The summed E-state index contributed by atoms with van der Waals surface area (Å²) in [6.07, 6.45) is 3.23. The van der Waals surface area contributed by atoms with Crippen LogP contribution in [0.2, 0.25) is 0 Å². The van der Waals surface area contributed by atoms with Crippen LogP contribution in [0.1, 0.15) is 33.1 Å². The van der Waals surface area contributed by atoms with Crippen molar-refractivity contribution in [2.45, 2.75) is 33.1 Å². The molecule has 0 aromatic rings. The van der Waals surface area contributed by atoms with Gasteiger partial charge in [0.25, 0.3) is 0 Å². The maximum Gasteiger partial charge on any atom is 0.317 e. The van der Waals surface area contributed by atoms with E-state index in [2.05, 4.69) is 6.92 Å². The van der Waals surface area contributed by atoms with Crippen LogP contribution in [0.4, 0.5) is 0 Å². The third-order valence-corrected chi connectivity index (χ3v) is 2.90. The van der Waals surface area contributed by atoms with Gasteiger partial charge >= 0.3 is 5.97 Å². The number of hydrogen-bond donors (Lipinski definition) is 0. The second-order valence-corrected chi connectivity index (χ2v) is 3.94. The summed E-state index contributed by atoms with van der Waals surface area (Å²) in [7, 11) is 0. The van der Waals surface area contributed by atoms with Crippen LogP contribution < -0.4 is 0 Å². The molecule has 0 aromatic heterocycles. The van der Waals surface area contributed by atoms with Crippen LogP contribution in [-0.2, 0) is 9.53 Å². The Bertz CT molecular complexity index is 253. The van der Waals surface area contributed by atoms with E-state index in [9.17, 15) is 4.79 Å². The van der Waals surface area contributed by atoms with Crippen molar-refractivity contribution in [3.63, 3.8) is 0 Å². The highest BCUT2D eigenvalue weighted by atomic mass is 16.5. The zero-order chi connectivity index (χ0) is 8.72. The van der Waals surface area contributed by atoms with Crippen molar-refractivity contribution < 1.29 is 9.53 Å². The lowest BCUT2D eigenvalue weighted by atomic mass is 9.86. The van der Waals surface area contributed by atoms with Gasteiger partial charge in [-0.3, -0.25) is 4.79 Å². The van der Waals surface area contributed by atoms with Gasteiger partial charge in [-0.1, -0.05) is 6.92 Å². The second kappa shape index (κ2) is 2.61. The van der Waals surface area contributed by atoms with E-state index in [1.807, 2.05) is 6.92 Å². The second-order valence-electron chi connectivity index (χ2n) is 3.94. The third-order valence-electron chi connectivity index (χ3n) is 2.90. The van der Waals surface area contributed by atoms with E-state index in [4.69, 9.17) is 4.74 Å². The molecule has 0 fully saturated rings. The molecule has 2 rings (SSSR count). The van der Waals surface area contributed by atoms with Crippen LogP contribution in [-0.4, -0.2) is 5.97 Å². The molecule has 2 aliphatic rings. The summed E-state index contributed by atoms with van der Waals surface area (Å²) >= 11 is 0. The molecular formula is C10H14O2. The molecule has 0 bridgehead atoms. The minimum atomic E-state index is -0.0471. The summed E-state index contributed by atoms with van der Waals surface area (Å²) in [5.74, 6) is 1.65. The number of esters is 1. The number of allylic oxidation sites excluding steroid dienone is 1. The van der Waals surface area contributed by atoms with E-state index in [0.717, 1.165) is 18.6 Å². The SMILES string of the molecule is C[C@@H]1CCC2=C(C1)OC(=O)[C@@H]2C. The standard InChI is InChI=1S/C10H14O2/c1-6-3-4-8-7(2)10(11)12-9(8)5-6/h6-7H,3-5H2,1-2H3/t6-,7-/m1/s1. The molecule has 2 atom stereocenters. The quantitative estimate of drug-likeness (QED) is 0.516. The van der Waals surface area contributed by atoms with Gasteiger partial charge in [0.15, 0.2) is 0 Å². The van der Waals surface area contributed by atoms with E-state index in [0.29, 0.717) is 5.92 Å². The van der Waals surface area contributed by atoms with Gasteiger partial charge in [-0.15, -0.1) is 0 Å². The van der Waals surface area contributed by atoms with Gasteiger partial charge in [-0.05, 0) is 31.3 Å². The summed E-state index contributed by atoms with van der Waals surface area (Å²) in [6.45, 7) is 4.15. The summed E-state index contributed by atoms with van der Waals surface area (Å²) in [5.41, 5.74) is 1.26. The van der Waals surface area contributed by atoms with Crippen LogP contribution in [0.3, 0.4) is 0 Å². The van der Waals surface area contributed by atoms with E-state index in [1.165, 1.54) is 12.0 Å². The molecule has 0 amide bonds. The van der Waals surface area contributed by atoms with Crippen molar-refractivity contribution in [2.75, 3.05) is 0 Å². The van der Waals surface area contributed by atoms with Crippen LogP contribution in [0.25, 0.3) is 0 Å². The lowest BCUT2D eigenvalue weighted by Gasteiger charge is -2.18. The molecule has 12 heavy (non-hydrogen) atoms. The molecule has 0 radical (unpaired) electrons. The molecule has 0 aromatic carbocycles. The minimum Gasteiger partial charge on any atom is -0.431 e. The van der Waals surface area contributed by atoms with Crippen molar-refractivity contribution in [1.82, 2.24) is 0 Å². The van der Waals surface area contributed by atoms with Crippen LogP contribution in [0.5, 0.6) is 0 Å². The Morgan fingerprint density at radius 2 is 2.17 bits per heavy atom. The maximum absolute atomic E-state index is 11.2. The first kappa shape index (κ1) is 7.84. The van der Waals surface area contributed by atoms with Gasteiger partial charge in [-0.25, -0.2) is 0 Å². The zero-order valence-electron chi connectivity index (χ0n) is 7.59. The van der Waals surface area contributed by atoms with E-state index < -0.39 is 0 Å². The molecule has 0 N–H and O–H groups in total. The number of hydrogen-bond acceptors (Lipinski definition) is 2. The summed E-state index contributed by atoms with van der Waals surface area (Å²) in [5, 5.41) is 0. The van der Waals surface area contributed by atoms with Gasteiger partial charge < -0.3 is 4.74 Å². The van der Waals surface area contributed by atoms with Crippen molar-refractivity contribution in [3.05, 3.63) is 11.3 Å². The average molecular weight is 166 g/mol. The smallest absolute Gasteiger partial charge is 0.317 e. The molecule has 0 saturated heterocycles. The first-order chi connectivity index (χ1) is 5.68. The molecule has 66 valence electrons. The Hall–Kier alpha value is -0.790. The Labute approximate surface area is 72.6 Å². The number of ether oxygens (including phenoxy) is 1. The highest BCUT2D eigenvalue weighted by Crippen LogP contribution is 2.38. The number of carbonyl (C=O) groups excluding carboxylic acids is 1. The van der Waals surface area contributed by atoms with Gasteiger partial charge in [0.05, 0.1) is 5.92 Å². The van der Waals surface area contributed by atoms with E-state index in [-0.39, 0.29) is 11.9 Å². The van der Waals surface area contributed by atoms with Gasteiger partial charge in [-0.2, -0.15) is 0 Å². The normalized spacial score (nSPS) is 35.0. The fourth-order valence-corrected chi connectivity index (χ4v) is 2.01. The van der Waals surface area contributed by atoms with E-state index in [1.54, 1.807) is 0 Å². The first-order valence-corrected chi connectivity index (χ1v) is 4.62. The van der Waals surface area contributed by atoms with Crippen LogP contribution >= 0.6 is 0 Å². The fourth-order valence-electron chi connectivity index (χ4n) is 2.01. The van der Waals surface area contributed by atoms with Crippen molar-refractivity contribution in [1.29, 1.82) is 0 Å². The number of carbonyl (C=O) groups is 1. The molecule has 0 unspecified atom stereocenters. The van der Waals surface area contributed by atoms with Crippen LogP contribution in [0, 0.1) is 11.8 Å². The highest BCUT2D eigenvalue weighted by Gasteiger charge is 2.34. The topological polar surface area (TPSA) is 26.3 Å². The molecule has 1 heterocycles. The lowest BCUT2D eigenvalue weighted by molar-refractivity contribution is -0.139. The minimum absolute atomic E-state index is 0.0347. The lowest BCUT2D eigenvalue weighted by Crippen LogP contribution is -2.08. The van der Waals surface area contributed by atoms with Gasteiger partial charge in [0, 0.05) is 6.42 Å². The Morgan fingerprint density at radius 1 is 1.42 bits per heavy atom. The first-order valence-electron chi connectivity index (χ1n) is 4.62. The van der Waals surface area contributed by atoms with Crippen molar-refractivity contribution >= 4 is 5.97 Å². The third kappa shape index (κ3) is 1.06. The zero-order valence-corrected chi connectivity index (χ0v) is 7.59. The van der Waals surface area contributed by atoms with Gasteiger partial charge in [0.2, 0.25) is 0 Å². The molecule has 1 aliphatic heterocycles. The Morgan fingerprint density at radius 3 is 2.92 bits per heavy atom. The monoisotopic (exact) mass is 166 g/mol. The molecule has 2 nitrogen and oxygen atoms in total. The predicted molar refractivity (Wildman–Crippen MR) is 45.3 cm³/mol. The summed E-state index contributed by atoms with van der Waals surface area (Å²) < 4.78 is 5.19. The summed E-state index contributed by atoms with van der Waals surface area (Å²) in [6, 6.07) is 0. The fraction of sp³-hybridized carbons (Fsp3) is 0.700. The largest absolute Gasteiger partial charge is 0.431 e. The predicted octanol–water partition coefficient (Wildman–Crippen LogP) is 2.25. The molecule has 0 spiro atoms. The van der Waals surface area contributed by atoms with Gasteiger partial charge in [0.1, 0.15) is 5.76 Å². The summed E-state index contributed by atoms with van der Waals surface area (Å²) in [4.78, 5) is 11.2.